The van der Waals surface area contributed by atoms with Crippen LogP contribution in [0.15, 0.2) is 12.4 Å². The van der Waals surface area contributed by atoms with Crippen molar-refractivity contribution in [3.8, 4) is 0 Å². The second-order valence-corrected chi connectivity index (χ2v) is 6.31. The maximum absolute atomic E-state index is 9.45. The highest BCUT2D eigenvalue weighted by atomic mass is 16.5. The van der Waals surface area contributed by atoms with Crippen LogP contribution in [0.25, 0.3) is 0 Å². The number of aliphatic hydroxyl groups is 1. The third-order valence-electron chi connectivity index (χ3n) is 4.79. The molecule has 1 saturated carbocycles. The molecular weight excluding hydrogens is 254 g/mol. The molecule has 5 heteroatoms. The van der Waals surface area contributed by atoms with E-state index in [2.05, 4.69) is 21.5 Å². The number of ether oxygens (including phenoxy) is 1. The van der Waals surface area contributed by atoms with Crippen LogP contribution >= 0.6 is 0 Å². The van der Waals surface area contributed by atoms with Gasteiger partial charge in [-0.05, 0) is 32.7 Å². The average Bonchev–Trinajstić information content (AvgIpc) is 2.82. The van der Waals surface area contributed by atoms with Gasteiger partial charge in [-0.2, -0.15) is 0 Å². The molecule has 20 heavy (non-hydrogen) atoms. The Kier molecular flexibility index (Phi) is 4.10. The average molecular weight is 279 g/mol. The fourth-order valence-corrected chi connectivity index (χ4v) is 3.40. The van der Waals surface area contributed by atoms with Gasteiger partial charge >= 0.3 is 0 Å². The zero-order chi connectivity index (χ0) is 14.1. The maximum Gasteiger partial charge on any atom is 0.137 e. The number of aliphatic hydroxyl groups excluding tert-OH is 1. The molecule has 0 aromatic carbocycles. The second-order valence-electron chi connectivity index (χ2n) is 6.31. The first kappa shape index (κ1) is 14.0. The molecule has 0 amide bonds. The fraction of sp³-hybridized carbons (Fsp3) is 0.800. The van der Waals surface area contributed by atoms with Crippen molar-refractivity contribution >= 4 is 0 Å². The first-order chi connectivity index (χ1) is 9.65. The van der Waals surface area contributed by atoms with E-state index in [1.54, 1.807) is 0 Å². The van der Waals surface area contributed by atoms with Gasteiger partial charge in [-0.15, -0.1) is 0 Å². The molecule has 1 saturated heterocycles. The highest BCUT2D eigenvalue weighted by Crippen LogP contribution is 2.34. The Hall–Kier alpha value is -0.910. The summed E-state index contributed by atoms with van der Waals surface area (Å²) >= 11 is 0. The molecular formula is C15H25N3O2. The molecule has 5 nitrogen and oxygen atoms in total. The van der Waals surface area contributed by atoms with Gasteiger partial charge < -0.3 is 19.3 Å². The first-order valence-electron chi connectivity index (χ1n) is 7.62. The quantitative estimate of drug-likeness (QED) is 0.904. The summed E-state index contributed by atoms with van der Waals surface area (Å²) in [7, 11) is 4.20. The highest BCUT2D eigenvalue weighted by molar-refractivity contribution is 5.00. The molecule has 2 fully saturated rings. The van der Waals surface area contributed by atoms with Crippen LogP contribution in [0, 0.1) is 5.92 Å². The van der Waals surface area contributed by atoms with Crippen LogP contribution < -0.4 is 0 Å². The van der Waals surface area contributed by atoms with Crippen molar-refractivity contribution in [3.05, 3.63) is 18.2 Å². The van der Waals surface area contributed by atoms with E-state index in [0.29, 0.717) is 12.0 Å². The first-order valence-corrected chi connectivity index (χ1v) is 7.62. The van der Waals surface area contributed by atoms with Gasteiger partial charge in [0.25, 0.3) is 0 Å². The molecule has 1 aliphatic carbocycles. The van der Waals surface area contributed by atoms with Crippen LogP contribution in [0.4, 0.5) is 0 Å². The number of nitrogens with zero attached hydrogens (tertiary/aromatic N) is 3. The van der Waals surface area contributed by atoms with Gasteiger partial charge in [-0.1, -0.05) is 0 Å². The van der Waals surface area contributed by atoms with Gasteiger partial charge in [0.1, 0.15) is 11.9 Å². The molecule has 0 unspecified atom stereocenters. The van der Waals surface area contributed by atoms with Crippen LogP contribution in [-0.4, -0.2) is 51.9 Å². The Morgan fingerprint density at radius 3 is 2.95 bits per heavy atom. The number of aryl methyl sites for hydroxylation is 1. The number of hydrogen-bond acceptors (Lipinski definition) is 4. The fourth-order valence-electron chi connectivity index (χ4n) is 3.40. The maximum atomic E-state index is 9.45. The van der Waals surface area contributed by atoms with Crippen molar-refractivity contribution in [2.24, 2.45) is 13.0 Å². The monoisotopic (exact) mass is 279 g/mol. The Bertz CT molecular complexity index is 442. The van der Waals surface area contributed by atoms with Crippen molar-refractivity contribution in [1.82, 2.24) is 14.5 Å². The van der Waals surface area contributed by atoms with E-state index >= 15 is 0 Å². The van der Waals surface area contributed by atoms with Crippen molar-refractivity contribution in [2.45, 2.75) is 43.9 Å². The lowest BCUT2D eigenvalue weighted by molar-refractivity contribution is -0.0581. The number of imidazole rings is 1. The predicted molar refractivity (Wildman–Crippen MR) is 76.3 cm³/mol. The third kappa shape index (κ3) is 2.75. The van der Waals surface area contributed by atoms with Crippen LogP contribution in [-0.2, 0) is 11.8 Å². The van der Waals surface area contributed by atoms with E-state index < -0.39 is 0 Å². The van der Waals surface area contributed by atoms with E-state index in [1.807, 2.05) is 19.4 Å². The van der Waals surface area contributed by atoms with Crippen LogP contribution in [0.5, 0.6) is 0 Å². The van der Waals surface area contributed by atoms with E-state index in [-0.39, 0.29) is 12.2 Å². The molecule has 112 valence electrons. The topological polar surface area (TPSA) is 50.5 Å². The van der Waals surface area contributed by atoms with Crippen molar-refractivity contribution in [1.29, 1.82) is 0 Å². The van der Waals surface area contributed by atoms with Gasteiger partial charge in [-0.3, -0.25) is 0 Å². The summed E-state index contributed by atoms with van der Waals surface area (Å²) in [5.41, 5.74) is 0. The minimum absolute atomic E-state index is 0.0876. The summed E-state index contributed by atoms with van der Waals surface area (Å²) in [5, 5.41) is 9.45. The van der Waals surface area contributed by atoms with E-state index in [9.17, 15) is 5.11 Å². The summed E-state index contributed by atoms with van der Waals surface area (Å²) in [6.45, 7) is 1.86. The normalized spacial score (nSPS) is 34.2. The molecule has 0 spiro atoms. The largest absolute Gasteiger partial charge is 0.393 e. The molecule has 3 rings (SSSR count). The highest BCUT2D eigenvalue weighted by Gasteiger charge is 2.35. The van der Waals surface area contributed by atoms with Gasteiger partial charge in [0.05, 0.1) is 6.10 Å². The molecule has 1 aromatic heterocycles. The number of hydrogen-bond donors (Lipinski definition) is 1. The molecule has 1 aliphatic heterocycles. The van der Waals surface area contributed by atoms with E-state index in [0.717, 1.165) is 38.2 Å². The molecule has 1 aromatic rings. The lowest BCUT2D eigenvalue weighted by Gasteiger charge is -2.42. The standard InChI is InChI=1S/C15H25N3O2/c1-17-6-5-16-15(17)14-11(4-3-7-20-14)10-18(2)12-8-13(19)9-12/h5-6,11-14,19H,3-4,7-10H2,1-2H3/t11-,12?,13?,14+/m0/s1. The summed E-state index contributed by atoms with van der Waals surface area (Å²) in [6.07, 6.45) is 8.00. The number of rotatable bonds is 4. The lowest BCUT2D eigenvalue weighted by atomic mass is 9.86. The SMILES string of the molecule is CN(C[C@@H]1CCCO[C@H]1c1nccn1C)C1CC(O)C1. The van der Waals surface area contributed by atoms with E-state index in [1.165, 1.54) is 6.42 Å². The second kappa shape index (κ2) is 5.84. The molecule has 2 heterocycles. The van der Waals surface area contributed by atoms with Gasteiger partial charge in [0.2, 0.25) is 0 Å². The van der Waals surface area contributed by atoms with Gasteiger partial charge in [0, 0.05) is 44.6 Å². The Morgan fingerprint density at radius 2 is 2.30 bits per heavy atom. The van der Waals surface area contributed by atoms with Crippen molar-refractivity contribution < 1.29 is 9.84 Å². The molecule has 0 radical (unpaired) electrons. The summed E-state index contributed by atoms with van der Waals surface area (Å²) in [6, 6.07) is 0.536. The Labute approximate surface area is 120 Å². The van der Waals surface area contributed by atoms with E-state index in [4.69, 9.17) is 4.74 Å². The summed E-state index contributed by atoms with van der Waals surface area (Å²) < 4.78 is 8.08. The minimum Gasteiger partial charge on any atom is -0.393 e. The van der Waals surface area contributed by atoms with Crippen LogP contribution in [0.3, 0.4) is 0 Å². The molecule has 0 bridgehead atoms. The summed E-state index contributed by atoms with van der Waals surface area (Å²) in [4.78, 5) is 6.86. The summed E-state index contributed by atoms with van der Waals surface area (Å²) in [5.74, 6) is 1.53. The Morgan fingerprint density at radius 1 is 1.50 bits per heavy atom. The minimum atomic E-state index is -0.0876. The Balaban J connectivity index is 1.65. The molecule has 2 aliphatic rings. The molecule has 2 atom stereocenters. The third-order valence-corrected chi connectivity index (χ3v) is 4.79. The van der Waals surface area contributed by atoms with Crippen LogP contribution in [0.1, 0.15) is 37.6 Å². The molecule has 1 N–H and O–H groups in total. The van der Waals surface area contributed by atoms with Crippen molar-refractivity contribution in [2.75, 3.05) is 20.2 Å². The smallest absolute Gasteiger partial charge is 0.137 e. The lowest BCUT2D eigenvalue weighted by Crippen LogP contribution is -2.48. The van der Waals surface area contributed by atoms with Gasteiger partial charge in [0.15, 0.2) is 0 Å². The zero-order valence-electron chi connectivity index (χ0n) is 12.4. The van der Waals surface area contributed by atoms with Crippen LogP contribution in [0.2, 0.25) is 0 Å². The predicted octanol–water partition coefficient (Wildman–Crippen LogP) is 1.34. The number of aromatic nitrogens is 2. The van der Waals surface area contributed by atoms with Crippen molar-refractivity contribution in [3.63, 3.8) is 0 Å². The van der Waals surface area contributed by atoms with Gasteiger partial charge in [-0.25, -0.2) is 4.98 Å². The zero-order valence-corrected chi connectivity index (χ0v) is 12.4.